The van der Waals surface area contributed by atoms with Gasteiger partial charge in [-0.1, -0.05) is 46.3 Å². The van der Waals surface area contributed by atoms with Crippen LogP contribution in [0.5, 0.6) is 0 Å². The van der Waals surface area contributed by atoms with Crippen molar-refractivity contribution < 1.29 is 14.4 Å². The summed E-state index contributed by atoms with van der Waals surface area (Å²) >= 11 is 3.13. The summed E-state index contributed by atoms with van der Waals surface area (Å²) in [4.78, 5) is 35.5. The van der Waals surface area contributed by atoms with Crippen molar-refractivity contribution in [2.24, 2.45) is 0 Å². The Kier molecular flexibility index (Phi) is 4.89. The number of carbonyl (C=O) groups excluding carboxylic acids is 3. The van der Waals surface area contributed by atoms with Crippen LogP contribution in [0, 0.1) is 0 Å². The number of hydrogen-bond donors (Lipinski definition) is 1. The van der Waals surface area contributed by atoms with Gasteiger partial charge in [0.1, 0.15) is 0 Å². The van der Waals surface area contributed by atoms with Crippen LogP contribution in [0.3, 0.4) is 0 Å². The van der Waals surface area contributed by atoms with Crippen molar-refractivity contribution in [3.05, 3.63) is 35.9 Å². The molecule has 1 heterocycles. The first-order valence-electron chi connectivity index (χ1n) is 6.40. The molecule has 106 valence electrons. The number of nitrogens with one attached hydrogen (secondary N) is 1. The zero-order valence-corrected chi connectivity index (χ0v) is 12.4. The number of benzene rings is 1. The molecule has 0 radical (unpaired) electrons. The van der Waals surface area contributed by atoms with E-state index in [9.17, 15) is 14.4 Å². The van der Waals surface area contributed by atoms with Crippen LogP contribution in [0.2, 0.25) is 0 Å². The van der Waals surface area contributed by atoms with E-state index < -0.39 is 10.9 Å². The molecule has 1 aliphatic rings. The normalized spacial score (nSPS) is 16.9. The second-order valence-corrected chi connectivity index (χ2v) is 5.42. The number of imide groups is 1. The van der Waals surface area contributed by atoms with Crippen molar-refractivity contribution in [3.63, 3.8) is 0 Å². The minimum absolute atomic E-state index is 0.305. The van der Waals surface area contributed by atoms with Gasteiger partial charge in [0.2, 0.25) is 11.8 Å². The molecule has 0 aliphatic carbocycles. The van der Waals surface area contributed by atoms with Gasteiger partial charge >= 0.3 is 0 Å². The number of hydrogen-bond acceptors (Lipinski definition) is 3. The number of halogens is 1. The fourth-order valence-corrected chi connectivity index (χ4v) is 2.63. The summed E-state index contributed by atoms with van der Waals surface area (Å²) in [6.45, 7) is 0.359. The number of piperidine rings is 1. The Balaban J connectivity index is 1.94. The van der Waals surface area contributed by atoms with Crippen molar-refractivity contribution in [1.29, 1.82) is 0 Å². The van der Waals surface area contributed by atoms with Crippen LogP contribution in [0.15, 0.2) is 30.3 Å². The molecule has 0 saturated carbocycles. The first kappa shape index (κ1) is 14.7. The minimum atomic E-state index is -0.938. The van der Waals surface area contributed by atoms with Crippen molar-refractivity contribution >= 4 is 33.7 Å². The highest BCUT2D eigenvalue weighted by molar-refractivity contribution is 9.10. The highest BCUT2D eigenvalue weighted by atomic mass is 79.9. The average molecular weight is 339 g/mol. The maximum Gasteiger partial charge on any atom is 0.254 e. The van der Waals surface area contributed by atoms with Gasteiger partial charge in [0.15, 0.2) is 4.95 Å². The maximum atomic E-state index is 12.0. The van der Waals surface area contributed by atoms with Gasteiger partial charge in [0.05, 0.1) is 0 Å². The standard InChI is InChI=1S/C14H15BrN2O3/c15-13(17-11(18)7-4-8-12(17)19)14(20)16-9-10-5-2-1-3-6-10/h1-3,5-6,13H,4,7-9H2,(H,16,20). The molecule has 1 aliphatic heterocycles. The molecule has 1 unspecified atom stereocenters. The Bertz CT molecular complexity index is 502. The van der Waals surface area contributed by atoms with E-state index in [1.54, 1.807) is 0 Å². The molecular weight excluding hydrogens is 324 g/mol. The Morgan fingerprint density at radius 1 is 1.20 bits per heavy atom. The van der Waals surface area contributed by atoms with Crippen molar-refractivity contribution in [2.45, 2.75) is 30.8 Å². The number of carbonyl (C=O) groups is 3. The second-order valence-electron chi connectivity index (χ2n) is 4.55. The molecule has 5 nitrogen and oxygen atoms in total. The molecule has 1 aromatic rings. The molecule has 1 N–H and O–H groups in total. The highest BCUT2D eigenvalue weighted by Crippen LogP contribution is 2.19. The molecule has 3 amide bonds. The lowest BCUT2D eigenvalue weighted by atomic mass is 10.1. The van der Waals surface area contributed by atoms with Crippen LogP contribution in [0.4, 0.5) is 0 Å². The first-order chi connectivity index (χ1) is 9.59. The van der Waals surface area contributed by atoms with Gasteiger partial charge in [-0.2, -0.15) is 0 Å². The van der Waals surface area contributed by atoms with E-state index >= 15 is 0 Å². The third-order valence-corrected chi connectivity index (χ3v) is 3.90. The molecule has 0 bridgehead atoms. The van der Waals surface area contributed by atoms with E-state index in [1.807, 2.05) is 30.3 Å². The van der Waals surface area contributed by atoms with Gasteiger partial charge in [-0.05, 0) is 12.0 Å². The molecule has 1 aromatic carbocycles. The van der Waals surface area contributed by atoms with Gasteiger partial charge in [-0.15, -0.1) is 0 Å². The number of rotatable bonds is 4. The lowest BCUT2D eigenvalue weighted by Gasteiger charge is -2.28. The van der Waals surface area contributed by atoms with Gasteiger partial charge in [-0.3, -0.25) is 19.3 Å². The fraction of sp³-hybridized carbons (Fsp3) is 0.357. The predicted molar refractivity (Wildman–Crippen MR) is 76.7 cm³/mol. The molecule has 1 atom stereocenters. The summed E-state index contributed by atoms with van der Waals surface area (Å²) in [5.41, 5.74) is 0.955. The lowest BCUT2D eigenvalue weighted by molar-refractivity contribution is -0.151. The molecule has 6 heteroatoms. The van der Waals surface area contributed by atoms with Crippen LogP contribution in [-0.2, 0) is 20.9 Å². The van der Waals surface area contributed by atoms with Gasteiger partial charge in [0, 0.05) is 19.4 Å². The summed E-state index contributed by atoms with van der Waals surface area (Å²) in [6.07, 6.45) is 1.17. The van der Waals surface area contributed by atoms with Crippen molar-refractivity contribution in [1.82, 2.24) is 10.2 Å². The van der Waals surface area contributed by atoms with Crippen LogP contribution in [0.25, 0.3) is 0 Å². The molecule has 0 aromatic heterocycles. The zero-order valence-electron chi connectivity index (χ0n) is 10.8. The topological polar surface area (TPSA) is 66.5 Å². The van der Waals surface area contributed by atoms with Gasteiger partial charge in [-0.25, -0.2) is 0 Å². The minimum Gasteiger partial charge on any atom is -0.349 e. The van der Waals surface area contributed by atoms with Crippen LogP contribution in [-0.4, -0.2) is 27.6 Å². The summed E-state index contributed by atoms with van der Waals surface area (Å²) < 4.78 is 0. The van der Waals surface area contributed by atoms with E-state index in [0.29, 0.717) is 25.8 Å². The molecule has 0 spiro atoms. The molecular formula is C14H15BrN2O3. The Hall–Kier alpha value is -1.69. The summed E-state index contributed by atoms with van der Waals surface area (Å²) in [7, 11) is 0. The third-order valence-electron chi connectivity index (χ3n) is 3.07. The average Bonchev–Trinajstić information content (AvgIpc) is 2.45. The number of nitrogens with zero attached hydrogens (tertiary/aromatic N) is 1. The zero-order chi connectivity index (χ0) is 14.5. The van der Waals surface area contributed by atoms with Crippen molar-refractivity contribution in [2.75, 3.05) is 0 Å². The number of amides is 3. The SMILES string of the molecule is O=C(NCc1ccccc1)C(Br)N1C(=O)CCCC1=O. The lowest BCUT2D eigenvalue weighted by Crippen LogP contribution is -2.50. The smallest absolute Gasteiger partial charge is 0.254 e. The van der Waals surface area contributed by atoms with E-state index in [1.165, 1.54) is 0 Å². The van der Waals surface area contributed by atoms with E-state index in [2.05, 4.69) is 21.2 Å². The summed E-state index contributed by atoms with van der Waals surface area (Å²) in [5.74, 6) is -1.01. The van der Waals surface area contributed by atoms with E-state index in [0.717, 1.165) is 10.5 Å². The van der Waals surface area contributed by atoms with E-state index in [-0.39, 0.29) is 11.8 Å². The number of likely N-dealkylation sites (tertiary alicyclic amines) is 1. The molecule has 20 heavy (non-hydrogen) atoms. The van der Waals surface area contributed by atoms with Gasteiger partial charge < -0.3 is 5.32 Å². The second kappa shape index (κ2) is 6.65. The fourth-order valence-electron chi connectivity index (χ4n) is 2.01. The van der Waals surface area contributed by atoms with Crippen molar-refractivity contribution in [3.8, 4) is 0 Å². The Labute approximate surface area is 125 Å². The summed E-state index contributed by atoms with van der Waals surface area (Å²) in [5, 5.41) is 2.71. The predicted octanol–water partition coefficient (Wildman–Crippen LogP) is 1.56. The van der Waals surface area contributed by atoms with Gasteiger partial charge in [0.25, 0.3) is 5.91 Å². The van der Waals surface area contributed by atoms with E-state index in [4.69, 9.17) is 0 Å². The molecule has 2 rings (SSSR count). The monoisotopic (exact) mass is 338 g/mol. The van der Waals surface area contributed by atoms with Crippen LogP contribution >= 0.6 is 15.9 Å². The molecule has 1 saturated heterocycles. The van der Waals surface area contributed by atoms with Crippen LogP contribution < -0.4 is 5.32 Å². The molecule has 1 fully saturated rings. The third kappa shape index (κ3) is 3.45. The largest absolute Gasteiger partial charge is 0.349 e. The quantitative estimate of drug-likeness (QED) is 0.514. The first-order valence-corrected chi connectivity index (χ1v) is 7.32. The number of alkyl halides is 1. The highest BCUT2D eigenvalue weighted by Gasteiger charge is 2.34. The van der Waals surface area contributed by atoms with Crippen LogP contribution in [0.1, 0.15) is 24.8 Å². The maximum absolute atomic E-state index is 12.0. The summed E-state index contributed by atoms with van der Waals surface area (Å²) in [6, 6.07) is 9.43. The Morgan fingerprint density at radius 3 is 2.40 bits per heavy atom. The Morgan fingerprint density at radius 2 is 1.80 bits per heavy atom.